The number of hydrogen-bond acceptors (Lipinski definition) is 4. The zero-order valence-electron chi connectivity index (χ0n) is 13.7. The zero-order chi connectivity index (χ0) is 18.1. The fourth-order valence-electron chi connectivity index (χ4n) is 1.91. The van der Waals surface area contributed by atoms with E-state index in [1.807, 2.05) is 0 Å². The number of nitrogens with one attached hydrogen (secondary N) is 2. The molecule has 0 aliphatic carbocycles. The first kappa shape index (κ1) is 17.8. The summed E-state index contributed by atoms with van der Waals surface area (Å²) in [7, 11) is 0. The molecular formula is C19H17N3O3. The third-order valence-electron chi connectivity index (χ3n) is 3.05. The molecule has 0 bridgehead atoms. The van der Waals surface area contributed by atoms with Crippen LogP contribution in [0.3, 0.4) is 0 Å². The molecule has 0 heterocycles. The molecular weight excluding hydrogens is 318 g/mol. The van der Waals surface area contributed by atoms with E-state index in [4.69, 9.17) is 11.2 Å². The minimum Gasteiger partial charge on any atom is -0.481 e. The van der Waals surface area contributed by atoms with Crippen LogP contribution in [-0.4, -0.2) is 24.6 Å². The van der Waals surface area contributed by atoms with E-state index in [0.29, 0.717) is 17.0 Å². The number of amides is 2. The van der Waals surface area contributed by atoms with Crippen molar-refractivity contribution in [2.75, 3.05) is 11.9 Å². The SMILES string of the molecule is C#CCOc1ccc(C=NNC(=O)c2ccc(NC(C)=O)cc2)cc1. The Morgan fingerprint density at radius 1 is 1.16 bits per heavy atom. The Labute approximate surface area is 145 Å². The van der Waals surface area contributed by atoms with Crippen molar-refractivity contribution in [2.45, 2.75) is 6.92 Å². The number of ether oxygens (including phenoxy) is 1. The summed E-state index contributed by atoms with van der Waals surface area (Å²) in [5.74, 6) is 2.54. The second-order valence-corrected chi connectivity index (χ2v) is 5.02. The van der Waals surface area contributed by atoms with Crippen LogP contribution in [0, 0.1) is 12.3 Å². The largest absolute Gasteiger partial charge is 0.481 e. The standard InChI is InChI=1S/C19H17N3O3/c1-3-12-25-18-10-4-15(5-11-18)13-20-22-19(24)16-6-8-17(9-7-16)21-14(2)23/h1,4-11,13H,12H2,2H3,(H,21,23)(H,22,24). The number of benzene rings is 2. The van der Waals surface area contributed by atoms with Gasteiger partial charge in [-0.2, -0.15) is 5.10 Å². The second-order valence-electron chi connectivity index (χ2n) is 5.02. The fraction of sp³-hybridized carbons (Fsp3) is 0.105. The lowest BCUT2D eigenvalue weighted by Gasteiger charge is -2.04. The Hall–Kier alpha value is -3.59. The minimum absolute atomic E-state index is 0.169. The van der Waals surface area contributed by atoms with Gasteiger partial charge in [-0.3, -0.25) is 9.59 Å². The number of carbonyl (C=O) groups is 2. The highest BCUT2D eigenvalue weighted by Gasteiger charge is 2.04. The molecule has 6 heteroatoms. The van der Waals surface area contributed by atoms with E-state index in [1.165, 1.54) is 13.1 Å². The molecule has 2 aromatic rings. The van der Waals surface area contributed by atoms with E-state index >= 15 is 0 Å². The molecule has 2 rings (SSSR count). The summed E-state index contributed by atoms with van der Waals surface area (Å²) in [5, 5.41) is 6.54. The van der Waals surface area contributed by atoms with E-state index in [-0.39, 0.29) is 18.4 Å². The minimum atomic E-state index is -0.348. The van der Waals surface area contributed by atoms with Crippen molar-refractivity contribution in [3.63, 3.8) is 0 Å². The predicted molar refractivity (Wildman–Crippen MR) is 96.6 cm³/mol. The lowest BCUT2D eigenvalue weighted by Crippen LogP contribution is -2.17. The van der Waals surface area contributed by atoms with Gasteiger partial charge >= 0.3 is 0 Å². The third kappa shape index (κ3) is 5.84. The van der Waals surface area contributed by atoms with Crippen LogP contribution in [0.5, 0.6) is 5.75 Å². The van der Waals surface area contributed by atoms with Crippen LogP contribution in [0.2, 0.25) is 0 Å². The van der Waals surface area contributed by atoms with Gasteiger partial charge in [0.05, 0.1) is 6.21 Å². The molecule has 2 aromatic carbocycles. The maximum atomic E-state index is 12.0. The summed E-state index contributed by atoms with van der Waals surface area (Å²) in [6.07, 6.45) is 6.65. The molecule has 126 valence electrons. The van der Waals surface area contributed by atoms with Crippen LogP contribution in [-0.2, 0) is 4.79 Å². The van der Waals surface area contributed by atoms with Gasteiger partial charge in [0.1, 0.15) is 12.4 Å². The van der Waals surface area contributed by atoms with Gasteiger partial charge in [-0.1, -0.05) is 5.92 Å². The third-order valence-corrected chi connectivity index (χ3v) is 3.05. The summed E-state index contributed by atoms with van der Waals surface area (Å²) in [5.41, 5.74) is 4.30. The van der Waals surface area contributed by atoms with Crippen LogP contribution in [0.25, 0.3) is 0 Å². The summed E-state index contributed by atoms with van der Waals surface area (Å²) in [6, 6.07) is 13.6. The van der Waals surface area contributed by atoms with E-state index in [1.54, 1.807) is 48.5 Å². The number of nitrogens with zero attached hydrogens (tertiary/aromatic N) is 1. The van der Waals surface area contributed by atoms with Crippen molar-refractivity contribution < 1.29 is 14.3 Å². The molecule has 6 nitrogen and oxygen atoms in total. The van der Waals surface area contributed by atoms with Crippen molar-refractivity contribution in [3.8, 4) is 18.1 Å². The van der Waals surface area contributed by atoms with Crippen LogP contribution in [0.4, 0.5) is 5.69 Å². The van der Waals surface area contributed by atoms with Gasteiger partial charge in [-0.25, -0.2) is 5.43 Å². The van der Waals surface area contributed by atoms with E-state index in [0.717, 1.165) is 5.56 Å². The van der Waals surface area contributed by atoms with Crippen LogP contribution >= 0.6 is 0 Å². The first-order chi connectivity index (χ1) is 12.1. The Morgan fingerprint density at radius 2 is 1.84 bits per heavy atom. The van der Waals surface area contributed by atoms with Gasteiger partial charge in [0, 0.05) is 18.2 Å². The smallest absolute Gasteiger partial charge is 0.271 e. The molecule has 0 aromatic heterocycles. The highest BCUT2D eigenvalue weighted by Crippen LogP contribution is 2.11. The summed E-state index contributed by atoms with van der Waals surface area (Å²) in [6.45, 7) is 1.63. The molecule has 0 fully saturated rings. The number of carbonyl (C=O) groups excluding carboxylic acids is 2. The fourth-order valence-corrected chi connectivity index (χ4v) is 1.91. The number of terminal acetylenes is 1. The average molecular weight is 335 g/mol. The Bertz CT molecular complexity index is 803. The normalized spacial score (nSPS) is 10.1. The van der Waals surface area contributed by atoms with Crippen molar-refractivity contribution in [3.05, 3.63) is 59.7 Å². The average Bonchev–Trinajstić information content (AvgIpc) is 2.61. The van der Waals surface area contributed by atoms with Crippen molar-refractivity contribution in [1.82, 2.24) is 5.43 Å². The molecule has 0 unspecified atom stereocenters. The molecule has 0 radical (unpaired) electrons. The molecule has 0 aliphatic rings. The van der Waals surface area contributed by atoms with E-state index in [2.05, 4.69) is 21.8 Å². The van der Waals surface area contributed by atoms with Gasteiger partial charge in [-0.15, -0.1) is 6.42 Å². The van der Waals surface area contributed by atoms with Gasteiger partial charge < -0.3 is 10.1 Å². The number of hydrazone groups is 1. The number of hydrogen-bond donors (Lipinski definition) is 2. The first-order valence-corrected chi connectivity index (χ1v) is 7.46. The topological polar surface area (TPSA) is 79.8 Å². The molecule has 0 saturated carbocycles. The maximum absolute atomic E-state index is 12.0. The van der Waals surface area contributed by atoms with Gasteiger partial charge in [0.2, 0.25) is 5.91 Å². The Morgan fingerprint density at radius 3 is 2.44 bits per heavy atom. The molecule has 2 amide bonds. The van der Waals surface area contributed by atoms with E-state index in [9.17, 15) is 9.59 Å². The maximum Gasteiger partial charge on any atom is 0.271 e. The van der Waals surface area contributed by atoms with Gasteiger partial charge in [0.25, 0.3) is 5.91 Å². The molecule has 0 saturated heterocycles. The summed E-state index contributed by atoms with van der Waals surface area (Å²) in [4.78, 5) is 22.9. The van der Waals surface area contributed by atoms with Crippen molar-refractivity contribution >= 4 is 23.7 Å². The zero-order valence-corrected chi connectivity index (χ0v) is 13.7. The molecule has 25 heavy (non-hydrogen) atoms. The van der Waals surface area contributed by atoms with Crippen LogP contribution in [0.15, 0.2) is 53.6 Å². The van der Waals surface area contributed by atoms with E-state index < -0.39 is 0 Å². The van der Waals surface area contributed by atoms with Crippen molar-refractivity contribution in [2.24, 2.45) is 5.10 Å². The number of anilines is 1. The lowest BCUT2D eigenvalue weighted by molar-refractivity contribution is -0.114. The Balaban J connectivity index is 1.89. The Kier molecular flexibility index (Phi) is 6.32. The molecule has 0 aliphatic heterocycles. The molecule has 0 atom stereocenters. The van der Waals surface area contributed by atoms with Crippen molar-refractivity contribution in [1.29, 1.82) is 0 Å². The second kappa shape index (κ2) is 8.89. The monoisotopic (exact) mass is 335 g/mol. The number of rotatable bonds is 6. The lowest BCUT2D eigenvalue weighted by atomic mass is 10.2. The molecule has 0 spiro atoms. The molecule has 2 N–H and O–H groups in total. The predicted octanol–water partition coefficient (Wildman–Crippen LogP) is 2.42. The summed E-state index contributed by atoms with van der Waals surface area (Å²) < 4.78 is 5.27. The summed E-state index contributed by atoms with van der Waals surface area (Å²) >= 11 is 0. The van der Waals surface area contributed by atoms with Crippen LogP contribution in [0.1, 0.15) is 22.8 Å². The first-order valence-electron chi connectivity index (χ1n) is 7.46. The highest BCUT2D eigenvalue weighted by molar-refractivity contribution is 5.96. The van der Waals surface area contributed by atoms with Gasteiger partial charge in [-0.05, 0) is 54.1 Å². The highest BCUT2D eigenvalue weighted by atomic mass is 16.5. The van der Waals surface area contributed by atoms with Gasteiger partial charge in [0.15, 0.2) is 0 Å². The van der Waals surface area contributed by atoms with Crippen LogP contribution < -0.4 is 15.5 Å². The quantitative estimate of drug-likeness (QED) is 0.483.